The molecule has 1 aromatic rings. The van der Waals surface area contributed by atoms with Gasteiger partial charge in [0.1, 0.15) is 0 Å². The average Bonchev–Trinajstić information content (AvgIpc) is 2.66. The molecule has 1 unspecified atom stereocenters. The Bertz CT molecular complexity index is 673. The zero-order chi connectivity index (χ0) is 19.1. The molecule has 0 bridgehead atoms. The van der Waals surface area contributed by atoms with E-state index in [9.17, 15) is 9.90 Å². The van der Waals surface area contributed by atoms with Crippen molar-refractivity contribution < 1.29 is 14.6 Å². The Kier molecular flexibility index (Phi) is 8.35. The van der Waals surface area contributed by atoms with Gasteiger partial charge in [-0.05, 0) is 55.5 Å². The van der Waals surface area contributed by atoms with Crippen LogP contribution in [0.25, 0.3) is 0 Å². The normalized spacial score (nSPS) is 17.9. The molecule has 1 atom stereocenters. The number of carbonyl (C=O) groups is 1. The topological polar surface area (TPSA) is 49.8 Å². The molecule has 0 spiro atoms. The average molecular weight is 443 g/mol. The van der Waals surface area contributed by atoms with E-state index in [2.05, 4.69) is 22.9 Å². The van der Waals surface area contributed by atoms with Gasteiger partial charge in [-0.3, -0.25) is 4.79 Å². The first-order valence-electron chi connectivity index (χ1n) is 8.73. The summed E-state index contributed by atoms with van der Waals surface area (Å²) in [7, 11) is 0. The summed E-state index contributed by atoms with van der Waals surface area (Å²) in [6.07, 6.45) is 6.65. The van der Waals surface area contributed by atoms with Crippen molar-refractivity contribution in [2.24, 2.45) is 0 Å². The lowest BCUT2D eigenvalue weighted by Gasteiger charge is -2.29. The molecular weight excluding hydrogens is 418 g/mol. The van der Waals surface area contributed by atoms with Gasteiger partial charge < -0.3 is 14.7 Å². The Morgan fingerprint density at radius 3 is 2.54 bits per heavy atom. The van der Waals surface area contributed by atoms with Gasteiger partial charge in [-0.15, -0.1) is 0 Å². The first-order chi connectivity index (χ1) is 12.4. The minimum absolute atomic E-state index is 0.207. The van der Waals surface area contributed by atoms with Crippen molar-refractivity contribution >= 4 is 33.4 Å². The van der Waals surface area contributed by atoms with Crippen LogP contribution in [0.15, 0.2) is 40.4 Å². The summed E-state index contributed by atoms with van der Waals surface area (Å²) in [5.41, 5.74) is 3.20. The second-order valence-corrected chi connectivity index (χ2v) is 7.64. The van der Waals surface area contributed by atoms with E-state index in [0.717, 1.165) is 27.9 Å². The minimum Gasteiger partial charge on any atom is -0.378 e. The Hall–Kier alpha value is -1.14. The van der Waals surface area contributed by atoms with Gasteiger partial charge in [0.05, 0.1) is 13.2 Å². The first kappa shape index (κ1) is 21.2. The van der Waals surface area contributed by atoms with Crippen LogP contribution in [-0.2, 0) is 9.53 Å². The van der Waals surface area contributed by atoms with E-state index in [1.807, 2.05) is 37.3 Å². The number of amides is 1. The molecule has 4 nitrogen and oxygen atoms in total. The largest absolute Gasteiger partial charge is 0.378 e. The number of hydrogen-bond donors (Lipinski definition) is 1. The van der Waals surface area contributed by atoms with Crippen molar-refractivity contribution in [3.63, 3.8) is 0 Å². The van der Waals surface area contributed by atoms with Crippen LogP contribution in [0.5, 0.6) is 0 Å². The molecule has 1 saturated heterocycles. The molecule has 0 radical (unpaired) electrons. The molecule has 3 rings (SSSR count). The standard InChI is InChI=1S/C12H17NO3.C8H8BrCl/c14-11(10-4-2-1-3-5-10)12(15)13-6-8-16-9-7-13;1-5-3-7(10)4-8(9)6(5)2/h2,4-5,11,14H,1,3,6-9H2;3-4H,1-2H3. The fourth-order valence-corrected chi connectivity index (χ4v) is 3.67. The van der Waals surface area contributed by atoms with Crippen LogP contribution in [0, 0.1) is 13.8 Å². The summed E-state index contributed by atoms with van der Waals surface area (Å²) >= 11 is 9.20. The van der Waals surface area contributed by atoms with E-state index in [1.165, 1.54) is 11.1 Å². The highest BCUT2D eigenvalue weighted by Gasteiger charge is 2.25. The summed E-state index contributed by atoms with van der Waals surface area (Å²) in [5, 5.41) is 10.7. The van der Waals surface area contributed by atoms with Crippen molar-refractivity contribution in [3.05, 3.63) is 56.6 Å². The summed E-state index contributed by atoms with van der Waals surface area (Å²) < 4.78 is 6.25. The molecule has 1 aliphatic heterocycles. The third-order valence-electron chi connectivity index (χ3n) is 4.46. The highest BCUT2D eigenvalue weighted by atomic mass is 79.9. The Labute approximate surface area is 168 Å². The summed E-state index contributed by atoms with van der Waals surface area (Å²) in [6.45, 7) is 6.39. The number of aliphatic hydroxyl groups excluding tert-OH is 1. The van der Waals surface area contributed by atoms with Crippen molar-refractivity contribution in [1.82, 2.24) is 4.90 Å². The monoisotopic (exact) mass is 441 g/mol. The molecule has 26 heavy (non-hydrogen) atoms. The summed E-state index contributed by atoms with van der Waals surface area (Å²) in [4.78, 5) is 13.6. The second-order valence-electron chi connectivity index (χ2n) is 6.35. The Morgan fingerprint density at radius 1 is 1.27 bits per heavy atom. The van der Waals surface area contributed by atoms with Gasteiger partial charge in [0.2, 0.25) is 0 Å². The predicted octanol–water partition coefficient (Wildman–Crippen LogP) is 4.20. The van der Waals surface area contributed by atoms with Crippen molar-refractivity contribution in [2.45, 2.75) is 32.8 Å². The molecule has 142 valence electrons. The number of ether oxygens (including phenoxy) is 1. The highest BCUT2D eigenvalue weighted by Crippen LogP contribution is 2.24. The van der Waals surface area contributed by atoms with Gasteiger partial charge in [-0.2, -0.15) is 0 Å². The quantitative estimate of drug-likeness (QED) is 0.747. The molecule has 6 heteroatoms. The number of rotatable bonds is 2. The molecule has 1 aliphatic carbocycles. The fourth-order valence-electron chi connectivity index (χ4n) is 2.71. The molecule has 2 aliphatic rings. The molecule has 0 aromatic heterocycles. The van der Waals surface area contributed by atoms with Crippen molar-refractivity contribution in [3.8, 4) is 0 Å². The van der Waals surface area contributed by atoms with E-state index >= 15 is 0 Å². The van der Waals surface area contributed by atoms with Gasteiger partial charge in [-0.25, -0.2) is 0 Å². The van der Waals surface area contributed by atoms with Gasteiger partial charge in [0.25, 0.3) is 5.91 Å². The number of hydrogen-bond acceptors (Lipinski definition) is 3. The molecular formula is C20H25BrClNO3. The summed E-state index contributed by atoms with van der Waals surface area (Å²) in [5.74, 6) is -0.207. The minimum atomic E-state index is -1.00. The predicted molar refractivity (Wildman–Crippen MR) is 108 cm³/mol. The lowest BCUT2D eigenvalue weighted by atomic mass is 10.0. The third-order valence-corrected chi connectivity index (χ3v) is 5.51. The maximum atomic E-state index is 11.9. The van der Waals surface area contributed by atoms with Crippen LogP contribution in [0.3, 0.4) is 0 Å². The molecule has 1 N–H and O–H groups in total. The third kappa shape index (κ3) is 5.95. The number of aliphatic hydroxyl groups is 1. The van der Waals surface area contributed by atoms with Crippen LogP contribution in [-0.4, -0.2) is 48.3 Å². The lowest BCUT2D eigenvalue weighted by Crippen LogP contribution is -2.46. The number of carbonyl (C=O) groups excluding carboxylic acids is 1. The maximum absolute atomic E-state index is 11.9. The van der Waals surface area contributed by atoms with Crippen LogP contribution in [0.4, 0.5) is 0 Å². The molecule has 1 aromatic carbocycles. The maximum Gasteiger partial charge on any atom is 0.256 e. The molecule has 0 saturated carbocycles. The zero-order valence-corrected chi connectivity index (χ0v) is 17.5. The van der Waals surface area contributed by atoms with Crippen molar-refractivity contribution in [2.75, 3.05) is 26.3 Å². The van der Waals surface area contributed by atoms with E-state index in [-0.39, 0.29) is 5.91 Å². The van der Waals surface area contributed by atoms with Crippen molar-refractivity contribution in [1.29, 1.82) is 0 Å². The van der Waals surface area contributed by atoms with Crippen LogP contribution in [0.1, 0.15) is 24.0 Å². The smallest absolute Gasteiger partial charge is 0.256 e. The number of aryl methyl sites for hydroxylation is 1. The SMILES string of the molecule is Cc1cc(Cl)cc(Br)c1C.O=C(C(O)C1=CCCC=C1)N1CCOCC1. The summed E-state index contributed by atoms with van der Waals surface area (Å²) in [6, 6.07) is 3.87. The van der Waals surface area contributed by atoms with E-state index in [0.29, 0.717) is 26.3 Å². The number of morpholine rings is 1. The van der Waals surface area contributed by atoms with Gasteiger partial charge in [-0.1, -0.05) is 45.8 Å². The fraction of sp³-hybridized carbons (Fsp3) is 0.450. The molecule has 1 fully saturated rings. The molecule has 1 heterocycles. The van der Waals surface area contributed by atoms with Crippen LogP contribution >= 0.6 is 27.5 Å². The zero-order valence-electron chi connectivity index (χ0n) is 15.2. The van der Waals surface area contributed by atoms with Gasteiger partial charge in [0, 0.05) is 22.6 Å². The highest BCUT2D eigenvalue weighted by molar-refractivity contribution is 9.10. The lowest BCUT2D eigenvalue weighted by molar-refractivity contribution is -0.142. The van der Waals surface area contributed by atoms with Gasteiger partial charge >= 0.3 is 0 Å². The first-order valence-corrected chi connectivity index (χ1v) is 9.90. The number of benzene rings is 1. The Morgan fingerprint density at radius 2 is 1.96 bits per heavy atom. The number of nitrogens with zero attached hydrogens (tertiary/aromatic N) is 1. The van der Waals surface area contributed by atoms with Gasteiger partial charge in [0.15, 0.2) is 6.10 Å². The van der Waals surface area contributed by atoms with Crippen LogP contribution < -0.4 is 0 Å². The van der Waals surface area contributed by atoms with E-state index in [4.69, 9.17) is 16.3 Å². The van der Waals surface area contributed by atoms with E-state index < -0.39 is 6.10 Å². The number of halogens is 2. The number of allylic oxidation sites excluding steroid dienone is 2. The molecule has 1 amide bonds. The van der Waals surface area contributed by atoms with Crippen LogP contribution in [0.2, 0.25) is 5.02 Å². The Balaban J connectivity index is 0.000000209. The second kappa shape index (κ2) is 10.3. The van der Waals surface area contributed by atoms with E-state index in [1.54, 1.807) is 4.90 Å².